The molecule has 0 spiro atoms. The van der Waals surface area contributed by atoms with Crippen molar-refractivity contribution in [1.29, 1.82) is 0 Å². The SMILES string of the molecule is COCC1(CNS(=O)(=O)c2ccc(Br)cc2C)CCCN1. The molecule has 1 saturated heterocycles. The van der Waals surface area contributed by atoms with Gasteiger partial charge in [-0.25, -0.2) is 13.1 Å². The summed E-state index contributed by atoms with van der Waals surface area (Å²) in [6.07, 6.45) is 1.94. The van der Waals surface area contributed by atoms with E-state index in [4.69, 9.17) is 4.74 Å². The minimum Gasteiger partial charge on any atom is -0.383 e. The van der Waals surface area contributed by atoms with E-state index in [2.05, 4.69) is 26.0 Å². The number of methoxy groups -OCH3 is 1. The molecule has 1 aliphatic rings. The first kappa shape index (κ1) is 16.9. The molecule has 1 aromatic rings. The van der Waals surface area contributed by atoms with Crippen LogP contribution in [0.5, 0.6) is 0 Å². The third-order valence-corrected chi connectivity index (χ3v) is 5.83. The maximum absolute atomic E-state index is 12.5. The van der Waals surface area contributed by atoms with Gasteiger partial charge in [-0.05, 0) is 50.1 Å². The summed E-state index contributed by atoms with van der Waals surface area (Å²) in [6, 6.07) is 5.15. The van der Waals surface area contributed by atoms with Crippen molar-refractivity contribution in [3.63, 3.8) is 0 Å². The van der Waals surface area contributed by atoms with E-state index in [1.165, 1.54) is 0 Å². The van der Waals surface area contributed by atoms with Crippen LogP contribution >= 0.6 is 15.9 Å². The van der Waals surface area contributed by atoms with Crippen LogP contribution in [0.4, 0.5) is 0 Å². The van der Waals surface area contributed by atoms with Crippen LogP contribution in [0, 0.1) is 6.92 Å². The summed E-state index contributed by atoms with van der Waals surface area (Å²) in [5.74, 6) is 0. The summed E-state index contributed by atoms with van der Waals surface area (Å²) in [5, 5.41) is 3.36. The number of halogens is 1. The molecule has 0 saturated carbocycles. The highest BCUT2D eigenvalue weighted by atomic mass is 79.9. The van der Waals surface area contributed by atoms with Gasteiger partial charge in [0, 0.05) is 18.1 Å². The normalized spacial score (nSPS) is 22.6. The van der Waals surface area contributed by atoms with Crippen LogP contribution in [0.1, 0.15) is 18.4 Å². The molecule has 2 rings (SSSR count). The van der Waals surface area contributed by atoms with Crippen molar-refractivity contribution in [1.82, 2.24) is 10.0 Å². The van der Waals surface area contributed by atoms with Gasteiger partial charge in [0.1, 0.15) is 0 Å². The van der Waals surface area contributed by atoms with E-state index in [1.54, 1.807) is 32.2 Å². The van der Waals surface area contributed by atoms with Gasteiger partial charge < -0.3 is 10.1 Å². The number of nitrogens with one attached hydrogen (secondary N) is 2. The van der Waals surface area contributed by atoms with E-state index in [9.17, 15) is 8.42 Å². The Balaban J connectivity index is 2.14. The zero-order valence-corrected chi connectivity index (χ0v) is 14.7. The second-order valence-corrected chi connectivity index (χ2v) is 8.13. The minimum atomic E-state index is -3.52. The highest BCUT2D eigenvalue weighted by Gasteiger charge is 2.35. The Hall–Kier alpha value is -0.470. The van der Waals surface area contributed by atoms with E-state index >= 15 is 0 Å². The molecule has 1 unspecified atom stereocenters. The maximum atomic E-state index is 12.5. The second-order valence-electron chi connectivity index (χ2n) is 5.48. The van der Waals surface area contributed by atoms with Crippen LogP contribution in [0.25, 0.3) is 0 Å². The lowest BCUT2D eigenvalue weighted by Gasteiger charge is -2.29. The van der Waals surface area contributed by atoms with E-state index in [1.807, 2.05) is 0 Å². The largest absolute Gasteiger partial charge is 0.383 e. The lowest BCUT2D eigenvalue weighted by molar-refractivity contribution is 0.122. The Kier molecular flexibility index (Phi) is 5.43. The van der Waals surface area contributed by atoms with Crippen LogP contribution in [-0.4, -0.2) is 40.8 Å². The number of sulfonamides is 1. The van der Waals surface area contributed by atoms with Gasteiger partial charge in [-0.15, -0.1) is 0 Å². The molecular formula is C14H21BrN2O3S. The van der Waals surface area contributed by atoms with Crippen molar-refractivity contribution in [2.75, 3.05) is 26.8 Å². The Morgan fingerprint density at radius 3 is 2.81 bits per heavy atom. The van der Waals surface area contributed by atoms with Crippen LogP contribution in [0.15, 0.2) is 27.6 Å². The topological polar surface area (TPSA) is 67.4 Å². The molecule has 1 heterocycles. The predicted octanol–water partition coefficient (Wildman–Crippen LogP) is 1.80. The molecule has 2 N–H and O–H groups in total. The molecule has 1 aromatic carbocycles. The molecule has 5 nitrogen and oxygen atoms in total. The molecule has 7 heteroatoms. The minimum absolute atomic E-state index is 0.301. The fourth-order valence-corrected chi connectivity index (χ4v) is 4.52. The predicted molar refractivity (Wildman–Crippen MR) is 85.9 cm³/mol. The van der Waals surface area contributed by atoms with Gasteiger partial charge in [0.25, 0.3) is 0 Å². The van der Waals surface area contributed by atoms with Gasteiger partial charge in [-0.2, -0.15) is 0 Å². The van der Waals surface area contributed by atoms with Crippen molar-refractivity contribution in [3.05, 3.63) is 28.2 Å². The van der Waals surface area contributed by atoms with Gasteiger partial charge in [0.05, 0.1) is 17.0 Å². The number of ether oxygens (including phenoxy) is 1. The number of aryl methyl sites for hydroxylation is 1. The van der Waals surface area contributed by atoms with Crippen LogP contribution < -0.4 is 10.0 Å². The number of benzene rings is 1. The quantitative estimate of drug-likeness (QED) is 0.794. The van der Waals surface area contributed by atoms with Gasteiger partial charge in [0.2, 0.25) is 10.0 Å². The molecule has 21 heavy (non-hydrogen) atoms. The first-order chi connectivity index (χ1) is 9.88. The first-order valence-electron chi connectivity index (χ1n) is 6.88. The zero-order valence-electron chi connectivity index (χ0n) is 12.3. The lowest BCUT2D eigenvalue weighted by atomic mass is 9.99. The molecule has 0 radical (unpaired) electrons. The fourth-order valence-electron chi connectivity index (χ4n) is 2.70. The Morgan fingerprint density at radius 2 is 2.24 bits per heavy atom. The Labute approximate surface area is 134 Å². The second kappa shape index (κ2) is 6.75. The number of rotatable bonds is 6. The van der Waals surface area contributed by atoms with Crippen LogP contribution in [-0.2, 0) is 14.8 Å². The summed E-state index contributed by atoms with van der Waals surface area (Å²) < 4.78 is 33.8. The average molecular weight is 377 g/mol. The van der Waals surface area contributed by atoms with Gasteiger partial charge in [-0.1, -0.05) is 15.9 Å². The van der Waals surface area contributed by atoms with Gasteiger partial charge in [0.15, 0.2) is 0 Å². The number of hydrogen-bond acceptors (Lipinski definition) is 4. The standard InChI is InChI=1S/C14H21BrN2O3S/c1-11-8-12(15)4-5-13(11)21(18,19)17-9-14(10-20-2)6-3-7-16-14/h4-5,8,16-17H,3,6-7,9-10H2,1-2H3. The van der Waals surface area contributed by atoms with Crippen LogP contribution in [0.2, 0.25) is 0 Å². The summed E-state index contributed by atoms with van der Waals surface area (Å²) in [7, 11) is -1.88. The smallest absolute Gasteiger partial charge is 0.240 e. The van der Waals surface area contributed by atoms with Crippen LogP contribution in [0.3, 0.4) is 0 Å². The van der Waals surface area contributed by atoms with Gasteiger partial charge in [-0.3, -0.25) is 0 Å². The van der Waals surface area contributed by atoms with Crippen molar-refractivity contribution < 1.29 is 13.2 Å². The van der Waals surface area contributed by atoms with E-state index < -0.39 is 10.0 Å². The van der Waals surface area contributed by atoms with Crippen molar-refractivity contribution in [2.45, 2.75) is 30.2 Å². The Bertz CT molecular complexity index is 598. The molecule has 1 fully saturated rings. The van der Waals surface area contributed by atoms with Gasteiger partial charge >= 0.3 is 0 Å². The van der Waals surface area contributed by atoms with E-state index in [0.717, 1.165) is 29.4 Å². The highest BCUT2D eigenvalue weighted by Crippen LogP contribution is 2.22. The molecule has 118 valence electrons. The highest BCUT2D eigenvalue weighted by molar-refractivity contribution is 9.10. The summed E-state index contributed by atoms with van der Waals surface area (Å²) in [4.78, 5) is 0.316. The molecule has 0 bridgehead atoms. The monoisotopic (exact) mass is 376 g/mol. The third-order valence-electron chi connectivity index (χ3n) is 3.78. The molecule has 0 amide bonds. The molecular weight excluding hydrogens is 356 g/mol. The van der Waals surface area contributed by atoms with Crippen molar-refractivity contribution in [3.8, 4) is 0 Å². The fraction of sp³-hybridized carbons (Fsp3) is 0.571. The maximum Gasteiger partial charge on any atom is 0.240 e. The van der Waals surface area contributed by atoms with E-state index in [-0.39, 0.29) is 5.54 Å². The summed E-state index contributed by atoms with van der Waals surface area (Å²) in [6.45, 7) is 3.51. The Morgan fingerprint density at radius 1 is 1.48 bits per heavy atom. The molecule has 0 aliphatic carbocycles. The van der Waals surface area contributed by atoms with Crippen molar-refractivity contribution in [2.24, 2.45) is 0 Å². The third kappa shape index (κ3) is 4.04. The lowest BCUT2D eigenvalue weighted by Crippen LogP contribution is -2.52. The average Bonchev–Trinajstić information content (AvgIpc) is 2.86. The summed E-state index contributed by atoms with van der Waals surface area (Å²) in [5.41, 5.74) is 0.419. The van der Waals surface area contributed by atoms with Crippen molar-refractivity contribution >= 4 is 26.0 Å². The number of hydrogen-bond donors (Lipinski definition) is 2. The van der Waals surface area contributed by atoms with E-state index in [0.29, 0.717) is 18.0 Å². The molecule has 1 atom stereocenters. The first-order valence-corrected chi connectivity index (χ1v) is 9.16. The molecule has 1 aliphatic heterocycles. The molecule has 0 aromatic heterocycles. The summed E-state index contributed by atoms with van der Waals surface area (Å²) >= 11 is 3.34. The zero-order chi connectivity index (χ0) is 15.5.